The van der Waals surface area contributed by atoms with Crippen LogP contribution >= 0.6 is 12.6 Å². The predicted molar refractivity (Wildman–Crippen MR) is 47.3 cm³/mol. The van der Waals surface area contributed by atoms with Crippen molar-refractivity contribution < 1.29 is 19.3 Å². The van der Waals surface area contributed by atoms with Gasteiger partial charge in [-0.3, -0.25) is 0 Å². The lowest BCUT2D eigenvalue weighted by molar-refractivity contribution is -0.145. The van der Waals surface area contributed by atoms with Gasteiger partial charge in [0, 0.05) is 6.54 Å². The number of fused-ring (bicyclic) bond motifs is 2. The number of aliphatic hydroxyl groups excluding tert-OH is 1. The third-order valence-corrected chi connectivity index (χ3v) is 2.92. The summed E-state index contributed by atoms with van der Waals surface area (Å²) in [5, 5.41) is 9.85. The van der Waals surface area contributed by atoms with E-state index in [1.807, 2.05) is 0 Å². The lowest BCUT2D eigenvalue weighted by atomic mass is 9.97. The Labute approximate surface area is 81.5 Å². The summed E-state index contributed by atoms with van der Waals surface area (Å²) in [5.74, 6) is 0. The lowest BCUT2D eigenvalue weighted by Crippen LogP contribution is -2.51. The molecule has 13 heavy (non-hydrogen) atoms. The molecule has 2 aliphatic rings. The molecular formula is C7H13NO4S. The monoisotopic (exact) mass is 207 g/mol. The summed E-state index contributed by atoms with van der Waals surface area (Å²) in [6.45, 7) is 0.604. The van der Waals surface area contributed by atoms with Crippen molar-refractivity contribution in [3.8, 4) is 0 Å². The largest absolute Gasteiger partial charge is 0.387 e. The lowest BCUT2D eigenvalue weighted by Gasteiger charge is -2.28. The van der Waals surface area contributed by atoms with Crippen LogP contribution < -0.4 is 5.73 Å². The van der Waals surface area contributed by atoms with E-state index in [1.54, 1.807) is 0 Å². The second kappa shape index (κ2) is 3.38. The average Bonchev–Trinajstić information content (AvgIpc) is 2.26. The molecule has 5 nitrogen and oxygen atoms in total. The molecule has 2 rings (SSSR count). The molecule has 3 N–H and O–H groups in total. The van der Waals surface area contributed by atoms with Gasteiger partial charge in [-0.25, -0.2) is 0 Å². The zero-order valence-corrected chi connectivity index (χ0v) is 7.94. The van der Waals surface area contributed by atoms with Gasteiger partial charge in [-0.05, 0) is 0 Å². The molecule has 4 atom stereocenters. The summed E-state index contributed by atoms with van der Waals surface area (Å²) < 4.78 is 15.8. The van der Waals surface area contributed by atoms with Crippen molar-refractivity contribution in [1.82, 2.24) is 0 Å². The highest BCUT2D eigenvalue weighted by Gasteiger charge is 2.55. The quantitative estimate of drug-likeness (QED) is 0.466. The minimum absolute atomic E-state index is 0.157. The summed E-state index contributed by atoms with van der Waals surface area (Å²) in [7, 11) is 0. The summed E-state index contributed by atoms with van der Waals surface area (Å²) in [6.07, 6.45) is -1.21. The predicted octanol–water partition coefficient (Wildman–Crippen LogP) is -1.30. The molecule has 76 valence electrons. The Morgan fingerprint density at radius 3 is 3.08 bits per heavy atom. The third-order valence-electron chi connectivity index (χ3n) is 2.52. The maximum absolute atomic E-state index is 9.85. The number of hydrogen-bond acceptors (Lipinski definition) is 6. The van der Waals surface area contributed by atoms with Gasteiger partial charge in [0.25, 0.3) is 0 Å². The molecule has 0 radical (unpaired) electrons. The van der Waals surface area contributed by atoms with Gasteiger partial charge in [-0.2, -0.15) is 0 Å². The molecule has 6 heteroatoms. The van der Waals surface area contributed by atoms with Crippen LogP contribution in [0.3, 0.4) is 0 Å². The fourth-order valence-corrected chi connectivity index (χ4v) is 2.15. The molecule has 2 heterocycles. The van der Waals surface area contributed by atoms with Crippen molar-refractivity contribution in [2.75, 3.05) is 19.9 Å². The normalized spacial score (nSPS) is 50.5. The zero-order chi connectivity index (χ0) is 9.47. The highest BCUT2D eigenvalue weighted by Crippen LogP contribution is 2.36. The van der Waals surface area contributed by atoms with Crippen LogP contribution in [0.25, 0.3) is 0 Å². The van der Waals surface area contributed by atoms with E-state index in [2.05, 4.69) is 12.6 Å². The van der Waals surface area contributed by atoms with Crippen molar-refractivity contribution >= 4 is 12.6 Å². The highest BCUT2D eigenvalue weighted by atomic mass is 32.1. The fourth-order valence-electron chi connectivity index (χ4n) is 1.69. The first kappa shape index (κ1) is 9.70. The van der Waals surface area contributed by atoms with Crippen LogP contribution in [-0.4, -0.2) is 48.3 Å². The van der Waals surface area contributed by atoms with Crippen molar-refractivity contribution in [3.05, 3.63) is 0 Å². The molecular weight excluding hydrogens is 194 g/mol. The van der Waals surface area contributed by atoms with Crippen LogP contribution in [0.1, 0.15) is 0 Å². The number of rotatable bonds is 1. The molecule has 2 bridgehead atoms. The van der Waals surface area contributed by atoms with Crippen LogP contribution in [0, 0.1) is 0 Å². The van der Waals surface area contributed by atoms with Gasteiger partial charge in [0.05, 0.1) is 6.61 Å². The molecule has 0 spiro atoms. The maximum Gasteiger partial charge on any atom is 0.147 e. The van der Waals surface area contributed by atoms with E-state index in [4.69, 9.17) is 19.9 Å². The number of thiol groups is 1. The van der Waals surface area contributed by atoms with Crippen molar-refractivity contribution in [3.63, 3.8) is 0 Å². The van der Waals surface area contributed by atoms with Crippen molar-refractivity contribution in [1.29, 1.82) is 0 Å². The Balaban J connectivity index is 2.24. The van der Waals surface area contributed by atoms with Gasteiger partial charge in [0.2, 0.25) is 0 Å². The Bertz CT molecular complexity index is 205. The SMILES string of the molecule is NC[C@]12COCOC(C1O)[C@H](S)O2. The van der Waals surface area contributed by atoms with E-state index >= 15 is 0 Å². The molecule has 0 aliphatic carbocycles. The molecule has 2 unspecified atom stereocenters. The minimum Gasteiger partial charge on any atom is -0.387 e. The molecule has 0 aromatic heterocycles. The minimum atomic E-state index is -0.840. The maximum atomic E-state index is 9.85. The molecule has 0 saturated carbocycles. The van der Waals surface area contributed by atoms with E-state index in [1.165, 1.54) is 0 Å². The Hall–Kier alpha value is 0.150. The van der Waals surface area contributed by atoms with Gasteiger partial charge in [0.1, 0.15) is 30.0 Å². The molecule has 2 saturated heterocycles. The van der Waals surface area contributed by atoms with Crippen LogP contribution in [-0.2, 0) is 14.2 Å². The first-order chi connectivity index (χ1) is 6.19. The third kappa shape index (κ3) is 1.38. The van der Waals surface area contributed by atoms with E-state index in [-0.39, 0.29) is 19.9 Å². The molecule has 2 aliphatic heterocycles. The Kier molecular flexibility index (Phi) is 2.52. The van der Waals surface area contributed by atoms with Crippen LogP contribution in [0.4, 0.5) is 0 Å². The van der Waals surface area contributed by atoms with Crippen molar-refractivity contribution in [2.45, 2.75) is 23.2 Å². The average molecular weight is 207 g/mol. The fraction of sp³-hybridized carbons (Fsp3) is 1.00. The van der Waals surface area contributed by atoms with Crippen LogP contribution in [0.15, 0.2) is 0 Å². The van der Waals surface area contributed by atoms with E-state index in [0.717, 1.165) is 0 Å². The first-order valence-corrected chi connectivity index (χ1v) is 4.65. The Morgan fingerprint density at radius 2 is 2.38 bits per heavy atom. The van der Waals surface area contributed by atoms with Gasteiger partial charge >= 0.3 is 0 Å². The molecule has 0 aromatic carbocycles. The first-order valence-electron chi connectivity index (χ1n) is 4.13. The summed E-state index contributed by atoms with van der Waals surface area (Å²) in [4.78, 5) is 0. The second-order valence-electron chi connectivity index (χ2n) is 3.32. The number of aliphatic hydroxyl groups is 1. The summed E-state index contributed by atoms with van der Waals surface area (Å²) in [5.41, 5.74) is 4.28. The van der Waals surface area contributed by atoms with Gasteiger partial charge in [-0.15, -0.1) is 12.6 Å². The van der Waals surface area contributed by atoms with Crippen molar-refractivity contribution in [2.24, 2.45) is 5.73 Å². The van der Waals surface area contributed by atoms with E-state index in [9.17, 15) is 5.11 Å². The topological polar surface area (TPSA) is 73.9 Å². The van der Waals surface area contributed by atoms with Gasteiger partial charge in [0.15, 0.2) is 0 Å². The standard InChI is InChI=1S/C7H13NO4S/c8-1-7-2-10-3-11-4(5(7)9)6(13)12-7/h4-6,9,13H,1-3,8H2/t4?,5?,6-,7-/m0/s1. The number of ether oxygens (including phenoxy) is 3. The smallest absolute Gasteiger partial charge is 0.147 e. The van der Waals surface area contributed by atoms with E-state index < -0.39 is 23.2 Å². The van der Waals surface area contributed by atoms with Gasteiger partial charge < -0.3 is 25.1 Å². The van der Waals surface area contributed by atoms with Gasteiger partial charge in [-0.1, -0.05) is 0 Å². The summed E-state index contributed by atoms with van der Waals surface area (Å²) >= 11 is 4.16. The number of nitrogens with two attached hydrogens (primary N) is 1. The van der Waals surface area contributed by atoms with Crippen LogP contribution in [0.5, 0.6) is 0 Å². The molecule has 0 aromatic rings. The highest BCUT2D eigenvalue weighted by molar-refractivity contribution is 7.80. The second-order valence-corrected chi connectivity index (χ2v) is 3.83. The Morgan fingerprint density at radius 1 is 1.62 bits per heavy atom. The zero-order valence-electron chi connectivity index (χ0n) is 7.05. The van der Waals surface area contributed by atoms with E-state index in [0.29, 0.717) is 0 Å². The summed E-state index contributed by atoms with van der Waals surface area (Å²) in [6, 6.07) is 0. The molecule has 2 fully saturated rings. The van der Waals surface area contributed by atoms with Crippen LogP contribution in [0.2, 0.25) is 0 Å². The molecule has 0 amide bonds. The number of hydrogen-bond donors (Lipinski definition) is 3.